The SMILES string of the molecule is CC=CC(C)(CC)NC(=O)C(CC)Oc1cncc(Cl)c1. The van der Waals surface area contributed by atoms with Crippen molar-refractivity contribution in [3.63, 3.8) is 0 Å². The third-order valence-corrected chi connectivity index (χ3v) is 3.51. The molecule has 0 aliphatic rings. The summed E-state index contributed by atoms with van der Waals surface area (Å²) in [6, 6.07) is 1.65. The second-order valence-electron chi connectivity index (χ2n) is 5.11. The fourth-order valence-electron chi connectivity index (χ4n) is 1.92. The van der Waals surface area contributed by atoms with E-state index in [1.807, 2.05) is 39.8 Å². The van der Waals surface area contributed by atoms with Crippen molar-refractivity contribution in [2.45, 2.75) is 52.2 Å². The van der Waals surface area contributed by atoms with Gasteiger partial charge in [0, 0.05) is 12.3 Å². The lowest BCUT2D eigenvalue weighted by molar-refractivity contribution is -0.129. The van der Waals surface area contributed by atoms with Crippen molar-refractivity contribution in [3.8, 4) is 5.75 Å². The first kappa shape index (κ1) is 17.5. The number of hydrogen-bond acceptors (Lipinski definition) is 3. The molecule has 2 atom stereocenters. The van der Waals surface area contributed by atoms with Gasteiger partial charge in [-0.05, 0) is 26.7 Å². The molecule has 1 heterocycles. The monoisotopic (exact) mass is 310 g/mol. The molecule has 0 radical (unpaired) electrons. The maximum atomic E-state index is 12.4. The second-order valence-corrected chi connectivity index (χ2v) is 5.55. The molecule has 0 bridgehead atoms. The first-order valence-electron chi connectivity index (χ1n) is 7.17. The highest BCUT2D eigenvalue weighted by Crippen LogP contribution is 2.18. The Bertz CT molecular complexity index is 505. The van der Waals surface area contributed by atoms with Crippen LogP contribution in [0.5, 0.6) is 5.75 Å². The molecule has 0 spiro atoms. The van der Waals surface area contributed by atoms with E-state index in [4.69, 9.17) is 16.3 Å². The zero-order valence-electron chi connectivity index (χ0n) is 13.0. The van der Waals surface area contributed by atoms with Gasteiger partial charge in [-0.3, -0.25) is 9.78 Å². The lowest BCUT2D eigenvalue weighted by atomic mass is 9.97. The summed E-state index contributed by atoms with van der Waals surface area (Å²) in [5, 5.41) is 3.51. The van der Waals surface area contributed by atoms with E-state index in [1.165, 1.54) is 6.20 Å². The number of amides is 1. The highest BCUT2D eigenvalue weighted by molar-refractivity contribution is 6.30. The van der Waals surface area contributed by atoms with Gasteiger partial charge in [0.2, 0.25) is 0 Å². The Labute approximate surface area is 131 Å². The van der Waals surface area contributed by atoms with Gasteiger partial charge in [-0.15, -0.1) is 0 Å². The summed E-state index contributed by atoms with van der Waals surface area (Å²) in [6.45, 7) is 7.86. The minimum atomic E-state index is -0.568. The number of rotatable bonds is 7. The molecule has 0 aliphatic carbocycles. The standard InChI is InChI=1S/C16H23ClN2O2/c1-5-8-16(4,7-3)19-15(20)14(6-2)21-13-9-12(17)10-18-11-13/h5,8-11,14H,6-7H2,1-4H3,(H,19,20). The zero-order chi connectivity index (χ0) is 15.9. The van der Waals surface area contributed by atoms with Crippen molar-refractivity contribution in [2.75, 3.05) is 0 Å². The van der Waals surface area contributed by atoms with Gasteiger partial charge in [-0.1, -0.05) is 37.6 Å². The van der Waals surface area contributed by atoms with Crippen LogP contribution in [0.15, 0.2) is 30.6 Å². The third kappa shape index (κ3) is 5.38. The molecular formula is C16H23ClN2O2. The van der Waals surface area contributed by atoms with E-state index in [0.717, 1.165) is 6.42 Å². The maximum Gasteiger partial charge on any atom is 0.261 e. The molecule has 1 rings (SSSR count). The number of halogens is 1. The van der Waals surface area contributed by atoms with E-state index < -0.39 is 6.10 Å². The Morgan fingerprint density at radius 2 is 2.24 bits per heavy atom. The number of carbonyl (C=O) groups is 1. The predicted molar refractivity (Wildman–Crippen MR) is 85.6 cm³/mol. The number of nitrogens with one attached hydrogen (secondary N) is 1. The van der Waals surface area contributed by atoms with Crippen LogP contribution in [0.3, 0.4) is 0 Å². The fourth-order valence-corrected chi connectivity index (χ4v) is 2.08. The number of pyridine rings is 1. The minimum absolute atomic E-state index is 0.139. The number of hydrogen-bond donors (Lipinski definition) is 1. The summed E-state index contributed by atoms with van der Waals surface area (Å²) in [7, 11) is 0. The highest BCUT2D eigenvalue weighted by Gasteiger charge is 2.26. The number of allylic oxidation sites excluding steroid dienone is 1. The van der Waals surface area contributed by atoms with Crippen molar-refractivity contribution in [3.05, 3.63) is 35.6 Å². The molecule has 0 saturated heterocycles. The molecule has 1 amide bonds. The molecule has 0 fully saturated rings. The molecule has 0 aliphatic heterocycles. The van der Waals surface area contributed by atoms with Gasteiger partial charge in [0.25, 0.3) is 5.91 Å². The van der Waals surface area contributed by atoms with Crippen LogP contribution in [0.4, 0.5) is 0 Å². The molecule has 1 N–H and O–H groups in total. The molecule has 5 heteroatoms. The molecule has 1 aromatic heterocycles. The molecule has 0 saturated carbocycles. The van der Waals surface area contributed by atoms with Gasteiger partial charge in [0.15, 0.2) is 6.10 Å². The minimum Gasteiger partial charge on any atom is -0.479 e. The van der Waals surface area contributed by atoms with E-state index in [2.05, 4.69) is 10.3 Å². The van der Waals surface area contributed by atoms with Gasteiger partial charge in [0.05, 0.1) is 16.8 Å². The maximum absolute atomic E-state index is 12.4. The van der Waals surface area contributed by atoms with Gasteiger partial charge >= 0.3 is 0 Å². The quantitative estimate of drug-likeness (QED) is 0.780. The van der Waals surface area contributed by atoms with Gasteiger partial charge in [-0.2, -0.15) is 0 Å². The van der Waals surface area contributed by atoms with Crippen LogP contribution in [-0.2, 0) is 4.79 Å². The van der Waals surface area contributed by atoms with Gasteiger partial charge in [-0.25, -0.2) is 0 Å². The molecule has 0 aromatic carbocycles. The Balaban J connectivity index is 2.78. The summed E-state index contributed by atoms with van der Waals surface area (Å²) in [5.74, 6) is 0.355. The molecule has 1 aromatic rings. The second kappa shape index (κ2) is 8.03. The zero-order valence-corrected chi connectivity index (χ0v) is 13.8. The van der Waals surface area contributed by atoms with E-state index in [9.17, 15) is 4.79 Å². The molecule has 21 heavy (non-hydrogen) atoms. The number of nitrogens with zero attached hydrogens (tertiary/aromatic N) is 1. The molecule has 4 nitrogen and oxygen atoms in total. The highest BCUT2D eigenvalue weighted by atomic mass is 35.5. The average molecular weight is 311 g/mol. The first-order chi connectivity index (χ1) is 9.94. The predicted octanol–water partition coefficient (Wildman–Crippen LogP) is 3.75. The van der Waals surface area contributed by atoms with Crippen LogP contribution in [0.2, 0.25) is 5.02 Å². The van der Waals surface area contributed by atoms with Crippen LogP contribution < -0.4 is 10.1 Å². The number of aromatic nitrogens is 1. The summed E-state index contributed by atoms with van der Waals surface area (Å²) in [4.78, 5) is 16.3. The summed E-state index contributed by atoms with van der Waals surface area (Å²) in [5.41, 5.74) is -0.366. The van der Waals surface area contributed by atoms with Gasteiger partial charge in [0.1, 0.15) is 5.75 Å². The lowest BCUT2D eigenvalue weighted by Crippen LogP contribution is -2.49. The van der Waals surface area contributed by atoms with Gasteiger partial charge < -0.3 is 10.1 Å². The molecule has 116 valence electrons. The first-order valence-corrected chi connectivity index (χ1v) is 7.55. The average Bonchev–Trinajstić information content (AvgIpc) is 2.45. The largest absolute Gasteiger partial charge is 0.479 e. The van der Waals surface area contributed by atoms with Crippen molar-refractivity contribution in [1.29, 1.82) is 0 Å². The van der Waals surface area contributed by atoms with E-state index >= 15 is 0 Å². The Hall–Kier alpha value is -1.55. The fraction of sp³-hybridized carbons (Fsp3) is 0.500. The van der Waals surface area contributed by atoms with Crippen molar-refractivity contribution < 1.29 is 9.53 Å². The van der Waals surface area contributed by atoms with Crippen LogP contribution in [0.1, 0.15) is 40.5 Å². The topological polar surface area (TPSA) is 51.2 Å². The van der Waals surface area contributed by atoms with E-state index in [1.54, 1.807) is 12.3 Å². The Kier molecular flexibility index (Phi) is 6.69. The summed E-state index contributed by atoms with van der Waals surface area (Å²) < 4.78 is 5.69. The van der Waals surface area contributed by atoms with Crippen LogP contribution in [-0.4, -0.2) is 22.5 Å². The summed E-state index contributed by atoms with van der Waals surface area (Å²) in [6.07, 6.45) is 7.79. The normalized spacial score (nSPS) is 15.5. The molecule has 2 unspecified atom stereocenters. The third-order valence-electron chi connectivity index (χ3n) is 3.30. The van der Waals surface area contributed by atoms with Crippen LogP contribution >= 0.6 is 11.6 Å². The van der Waals surface area contributed by atoms with Crippen LogP contribution in [0.25, 0.3) is 0 Å². The van der Waals surface area contributed by atoms with E-state index in [0.29, 0.717) is 17.2 Å². The van der Waals surface area contributed by atoms with Crippen molar-refractivity contribution >= 4 is 17.5 Å². The van der Waals surface area contributed by atoms with E-state index in [-0.39, 0.29) is 11.4 Å². The Morgan fingerprint density at radius 3 is 2.76 bits per heavy atom. The Morgan fingerprint density at radius 1 is 1.52 bits per heavy atom. The smallest absolute Gasteiger partial charge is 0.261 e. The van der Waals surface area contributed by atoms with Crippen LogP contribution in [0, 0.1) is 0 Å². The van der Waals surface area contributed by atoms with Crippen molar-refractivity contribution in [1.82, 2.24) is 10.3 Å². The number of carbonyl (C=O) groups excluding carboxylic acids is 1. The lowest BCUT2D eigenvalue weighted by Gasteiger charge is -2.28. The molecular weight excluding hydrogens is 288 g/mol. The summed E-state index contributed by atoms with van der Waals surface area (Å²) >= 11 is 5.87. The number of ether oxygens (including phenoxy) is 1. The van der Waals surface area contributed by atoms with Crippen molar-refractivity contribution in [2.24, 2.45) is 0 Å².